The highest BCUT2D eigenvalue weighted by Crippen LogP contribution is 2.17. The Kier molecular flexibility index (Phi) is 3.07. The van der Waals surface area contributed by atoms with Crippen molar-refractivity contribution >= 4 is 15.5 Å². The summed E-state index contributed by atoms with van der Waals surface area (Å²) in [5.74, 6) is -0.332. The van der Waals surface area contributed by atoms with Crippen LogP contribution in [-0.2, 0) is 9.84 Å². The van der Waals surface area contributed by atoms with E-state index in [0.29, 0.717) is 0 Å². The van der Waals surface area contributed by atoms with Crippen molar-refractivity contribution in [2.24, 2.45) is 0 Å². The van der Waals surface area contributed by atoms with Gasteiger partial charge in [-0.25, -0.2) is 8.42 Å². The maximum atomic E-state index is 11.6. The molecule has 1 atom stereocenters. The number of hydrogen-bond acceptors (Lipinski definition) is 5. The number of rotatable bonds is 3. The van der Waals surface area contributed by atoms with E-state index in [1.807, 2.05) is 0 Å². The summed E-state index contributed by atoms with van der Waals surface area (Å²) < 4.78 is 23.2. The number of nitrogens with two attached hydrogens (primary N) is 1. The van der Waals surface area contributed by atoms with Crippen LogP contribution < -0.4 is 5.73 Å². The maximum absolute atomic E-state index is 11.6. The monoisotopic (exact) mass is 216 g/mol. The Hall–Kier alpha value is -1.14. The third-order valence-electron chi connectivity index (χ3n) is 1.61. The Labute approximate surface area is 82.5 Å². The van der Waals surface area contributed by atoms with Crippen LogP contribution in [0.5, 0.6) is 0 Å². The minimum atomic E-state index is -3.51. The summed E-state index contributed by atoms with van der Waals surface area (Å²) >= 11 is 0. The lowest BCUT2D eigenvalue weighted by Crippen LogP contribution is -2.18. The third-order valence-corrected chi connectivity index (χ3v) is 3.57. The highest BCUT2D eigenvalue weighted by atomic mass is 32.2. The van der Waals surface area contributed by atoms with Crippen molar-refractivity contribution in [3.8, 4) is 0 Å². The third kappa shape index (κ3) is 2.43. The van der Waals surface area contributed by atoms with E-state index in [4.69, 9.17) is 10.8 Å². The summed E-state index contributed by atoms with van der Waals surface area (Å²) in [5.41, 5.74) is 5.56. The van der Waals surface area contributed by atoms with E-state index >= 15 is 0 Å². The summed E-state index contributed by atoms with van der Waals surface area (Å²) in [5, 5.41) is 9.00. The molecule has 0 aliphatic heterocycles. The highest BCUT2D eigenvalue weighted by molar-refractivity contribution is 7.91. The fraction of sp³-hybridized carbons (Fsp3) is 0.375. The summed E-state index contributed by atoms with van der Waals surface area (Å²) in [6, 6.07) is 1.33. The van der Waals surface area contributed by atoms with Gasteiger partial charge in [-0.1, -0.05) is 0 Å². The van der Waals surface area contributed by atoms with E-state index in [1.54, 1.807) is 0 Å². The Morgan fingerprint density at radius 2 is 2.29 bits per heavy atom. The van der Waals surface area contributed by atoms with Crippen molar-refractivity contribution < 1.29 is 13.5 Å². The Balaban J connectivity index is 3.11. The van der Waals surface area contributed by atoms with Gasteiger partial charge in [-0.15, -0.1) is 0 Å². The SMILES string of the molecule is CC(O)CS(=O)(=O)c1ccncc1N. The predicted molar refractivity (Wildman–Crippen MR) is 52.4 cm³/mol. The lowest BCUT2D eigenvalue weighted by atomic mass is 10.4. The van der Waals surface area contributed by atoms with E-state index in [0.717, 1.165) is 0 Å². The van der Waals surface area contributed by atoms with E-state index in [2.05, 4.69) is 4.98 Å². The first-order valence-corrected chi connectivity index (χ1v) is 5.69. The van der Waals surface area contributed by atoms with Gasteiger partial charge in [0.25, 0.3) is 0 Å². The number of sulfone groups is 1. The van der Waals surface area contributed by atoms with Gasteiger partial charge in [0.2, 0.25) is 0 Å². The van der Waals surface area contributed by atoms with Crippen LogP contribution in [0.2, 0.25) is 0 Å². The molecule has 14 heavy (non-hydrogen) atoms. The number of hydrogen-bond donors (Lipinski definition) is 2. The molecule has 1 aromatic heterocycles. The van der Waals surface area contributed by atoms with Gasteiger partial charge in [0, 0.05) is 6.20 Å². The lowest BCUT2D eigenvalue weighted by molar-refractivity contribution is 0.218. The molecule has 0 aromatic carbocycles. The van der Waals surface area contributed by atoms with Crippen LogP contribution in [-0.4, -0.2) is 30.4 Å². The first kappa shape index (κ1) is 10.9. The number of pyridine rings is 1. The number of aliphatic hydroxyl groups excluding tert-OH is 1. The molecule has 1 heterocycles. The molecular weight excluding hydrogens is 204 g/mol. The van der Waals surface area contributed by atoms with Crippen molar-refractivity contribution in [1.29, 1.82) is 0 Å². The second-order valence-electron chi connectivity index (χ2n) is 3.04. The van der Waals surface area contributed by atoms with Crippen LogP contribution in [0.3, 0.4) is 0 Å². The molecule has 78 valence electrons. The van der Waals surface area contributed by atoms with Crippen LogP contribution in [0.1, 0.15) is 6.92 Å². The van der Waals surface area contributed by atoms with Crippen LogP contribution in [0.15, 0.2) is 23.4 Å². The highest BCUT2D eigenvalue weighted by Gasteiger charge is 2.19. The van der Waals surface area contributed by atoms with Crippen molar-refractivity contribution in [2.75, 3.05) is 11.5 Å². The summed E-state index contributed by atoms with van der Waals surface area (Å²) in [7, 11) is -3.51. The lowest BCUT2D eigenvalue weighted by Gasteiger charge is -2.07. The minimum absolute atomic E-state index is 0.0217. The fourth-order valence-electron chi connectivity index (χ4n) is 1.08. The molecule has 1 unspecified atom stereocenters. The smallest absolute Gasteiger partial charge is 0.183 e. The molecule has 0 bridgehead atoms. The Morgan fingerprint density at radius 3 is 2.79 bits per heavy atom. The molecule has 0 saturated carbocycles. The van der Waals surface area contributed by atoms with E-state index in [9.17, 15) is 8.42 Å². The quantitative estimate of drug-likeness (QED) is 0.731. The second kappa shape index (κ2) is 3.93. The number of nitrogens with zero attached hydrogens (tertiary/aromatic N) is 1. The normalized spacial score (nSPS) is 13.9. The van der Waals surface area contributed by atoms with Gasteiger partial charge in [0.05, 0.1) is 28.6 Å². The maximum Gasteiger partial charge on any atom is 0.183 e. The molecule has 5 nitrogen and oxygen atoms in total. The van der Waals surface area contributed by atoms with Crippen LogP contribution in [0.25, 0.3) is 0 Å². The number of anilines is 1. The summed E-state index contributed by atoms with van der Waals surface area (Å²) in [6.07, 6.45) is 1.72. The largest absolute Gasteiger partial charge is 0.396 e. The van der Waals surface area contributed by atoms with E-state index in [1.165, 1.54) is 25.4 Å². The molecule has 0 saturated heterocycles. The predicted octanol–water partition coefficient (Wildman–Crippen LogP) is -0.182. The van der Waals surface area contributed by atoms with Crippen LogP contribution in [0.4, 0.5) is 5.69 Å². The van der Waals surface area contributed by atoms with E-state index in [-0.39, 0.29) is 16.3 Å². The zero-order valence-electron chi connectivity index (χ0n) is 7.71. The average Bonchev–Trinajstić information content (AvgIpc) is 2.02. The molecular formula is C8H12N2O3S. The Bertz CT molecular complexity index is 414. The van der Waals surface area contributed by atoms with Crippen molar-refractivity contribution in [2.45, 2.75) is 17.9 Å². The van der Waals surface area contributed by atoms with Gasteiger partial charge in [0.1, 0.15) is 0 Å². The summed E-state index contributed by atoms with van der Waals surface area (Å²) in [4.78, 5) is 3.71. The van der Waals surface area contributed by atoms with Gasteiger partial charge < -0.3 is 10.8 Å². The minimum Gasteiger partial charge on any atom is -0.396 e. The van der Waals surface area contributed by atoms with Crippen LogP contribution >= 0.6 is 0 Å². The van der Waals surface area contributed by atoms with Gasteiger partial charge in [0.15, 0.2) is 9.84 Å². The Morgan fingerprint density at radius 1 is 1.64 bits per heavy atom. The molecule has 0 amide bonds. The zero-order chi connectivity index (χ0) is 10.8. The fourth-order valence-corrected chi connectivity index (χ4v) is 2.58. The van der Waals surface area contributed by atoms with Gasteiger partial charge in [-0.3, -0.25) is 4.98 Å². The van der Waals surface area contributed by atoms with Crippen molar-refractivity contribution in [3.63, 3.8) is 0 Å². The molecule has 0 aliphatic carbocycles. The number of aliphatic hydroxyl groups is 1. The van der Waals surface area contributed by atoms with Gasteiger partial charge in [-0.05, 0) is 13.0 Å². The molecule has 6 heteroatoms. The standard InChI is InChI=1S/C8H12N2O3S/c1-6(11)5-14(12,13)8-2-3-10-4-7(8)9/h2-4,6,11H,5,9H2,1H3. The van der Waals surface area contributed by atoms with Crippen molar-refractivity contribution in [3.05, 3.63) is 18.5 Å². The van der Waals surface area contributed by atoms with Crippen molar-refractivity contribution in [1.82, 2.24) is 4.98 Å². The average molecular weight is 216 g/mol. The molecule has 0 radical (unpaired) electrons. The second-order valence-corrected chi connectivity index (χ2v) is 5.05. The zero-order valence-corrected chi connectivity index (χ0v) is 8.53. The first-order chi connectivity index (χ1) is 6.43. The number of nitrogen functional groups attached to an aromatic ring is 1. The van der Waals surface area contributed by atoms with Gasteiger partial charge in [-0.2, -0.15) is 0 Å². The number of aromatic nitrogens is 1. The molecule has 1 rings (SSSR count). The van der Waals surface area contributed by atoms with Crippen LogP contribution in [0, 0.1) is 0 Å². The van der Waals surface area contributed by atoms with Gasteiger partial charge >= 0.3 is 0 Å². The topological polar surface area (TPSA) is 93.3 Å². The molecule has 3 N–H and O–H groups in total. The summed E-state index contributed by atoms with van der Waals surface area (Å²) in [6.45, 7) is 1.41. The first-order valence-electron chi connectivity index (χ1n) is 4.04. The molecule has 0 fully saturated rings. The molecule has 1 aromatic rings. The molecule has 0 aliphatic rings. The molecule has 0 spiro atoms. The van der Waals surface area contributed by atoms with E-state index < -0.39 is 15.9 Å².